The van der Waals surface area contributed by atoms with E-state index in [-0.39, 0.29) is 0 Å². The second-order valence-electron chi connectivity index (χ2n) is 16.1. The van der Waals surface area contributed by atoms with Gasteiger partial charge in [-0.3, -0.25) is 0 Å². The van der Waals surface area contributed by atoms with Gasteiger partial charge in [0.1, 0.15) is 0 Å². The van der Waals surface area contributed by atoms with Crippen molar-refractivity contribution >= 4 is 55.5 Å². The molecule has 0 saturated carbocycles. The van der Waals surface area contributed by atoms with E-state index in [2.05, 4.69) is 240 Å². The molecule has 2 nitrogen and oxygen atoms in total. The van der Waals surface area contributed by atoms with Crippen LogP contribution in [0.3, 0.4) is 0 Å². The van der Waals surface area contributed by atoms with Crippen molar-refractivity contribution in [3.63, 3.8) is 0 Å². The standard InChI is InChI=1S/C58H40N2S/c1-5-18-44(19-6-1)58(45-20-7-2-8-21-45)52-39-49(34-35-50(52)56-51-26-14-16-28-55(51)61-57(56)58)59(46-22-9-3-10-23-46)48-32-29-40(30-33-48)41-31-36-54-43(37-41)38-42-17-13-15-27-53(42)60(54)47-24-11-4-12-25-47/h1-37,39H,38H2. The number of benzene rings is 9. The predicted molar refractivity (Wildman–Crippen MR) is 257 cm³/mol. The molecular formula is C58H40N2S. The van der Waals surface area contributed by atoms with Crippen LogP contribution in [-0.2, 0) is 11.8 Å². The maximum absolute atomic E-state index is 2.47. The largest absolute Gasteiger partial charge is 0.310 e. The molecule has 0 radical (unpaired) electrons. The van der Waals surface area contributed by atoms with E-state index in [4.69, 9.17) is 0 Å². The fourth-order valence-corrected chi connectivity index (χ4v) is 11.5. The van der Waals surface area contributed by atoms with E-state index in [1.54, 1.807) is 0 Å². The summed E-state index contributed by atoms with van der Waals surface area (Å²) in [5.41, 5.74) is 18.1. The van der Waals surface area contributed by atoms with Crippen LogP contribution in [-0.4, -0.2) is 0 Å². The van der Waals surface area contributed by atoms with Crippen molar-refractivity contribution in [3.8, 4) is 22.3 Å². The number of anilines is 6. The molecule has 0 bridgehead atoms. The molecule has 0 N–H and O–H groups in total. The first-order chi connectivity index (χ1) is 30.3. The van der Waals surface area contributed by atoms with Gasteiger partial charge in [-0.25, -0.2) is 0 Å². The van der Waals surface area contributed by atoms with Gasteiger partial charge in [-0.15, -0.1) is 11.3 Å². The Morgan fingerprint density at radius 3 is 1.75 bits per heavy atom. The molecule has 2 aliphatic rings. The summed E-state index contributed by atoms with van der Waals surface area (Å²) in [5.74, 6) is 0. The van der Waals surface area contributed by atoms with Crippen LogP contribution < -0.4 is 9.80 Å². The lowest BCUT2D eigenvalue weighted by molar-refractivity contribution is 0.785. The summed E-state index contributed by atoms with van der Waals surface area (Å²) in [7, 11) is 0. The Balaban J connectivity index is 0.989. The van der Waals surface area contributed by atoms with Gasteiger partial charge in [0.15, 0.2) is 0 Å². The molecule has 0 amide bonds. The Morgan fingerprint density at radius 1 is 0.443 bits per heavy atom. The van der Waals surface area contributed by atoms with E-state index in [1.807, 2.05) is 11.3 Å². The zero-order valence-electron chi connectivity index (χ0n) is 33.4. The topological polar surface area (TPSA) is 6.48 Å². The fraction of sp³-hybridized carbons (Fsp3) is 0.0345. The first kappa shape index (κ1) is 35.5. The van der Waals surface area contributed by atoms with Gasteiger partial charge >= 0.3 is 0 Å². The molecule has 0 fully saturated rings. The molecule has 12 rings (SSSR count). The molecule has 3 heteroatoms. The average Bonchev–Trinajstić information content (AvgIpc) is 3.85. The summed E-state index contributed by atoms with van der Waals surface area (Å²) in [5, 5.41) is 1.32. The molecule has 61 heavy (non-hydrogen) atoms. The van der Waals surface area contributed by atoms with Crippen LogP contribution in [0.5, 0.6) is 0 Å². The van der Waals surface area contributed by atoms with Gasteiger partial charge in [-0.05, 0) is 117 Å². The number of thiophene rings is 1. The molecule has 0 atom stereocenters. The van der Waals surface area contributed by atoms with Gasteiger partial charge in [0.25, 0.3) is 0 Å². The van der Waals surface area contributed by atoms with Gasteiger partial charge in [-0.1, -0.05) is 158 Å². The third-order valence-electron chi connectivity index (χ3n) is 12.7. The molecule has 1 aliphatic heterocycles. The highest BCUT2D eigenvalue weighted by Crippen LogP contribution is 2.61. The lowest BCUT2D eigenvalue weighted by Gasteiger charge is -2.34. The summed E-state index contributed by atoms with van der Waals surface area (Å²) in [6, 6.07) is 84.8. The van der Waals surface area contributed by atoms with Crippen molar-refractivity contribution in [1.82, 2.24) is 0 Å². The Morgan fingerprint density at radius 2 is 1.02 bits per heavy atom. The predicted octanol–water partition coefficient (Wildman–Crippen LogP) is 15.8. The van der Waals surface area contributed by atoms with E-state index in [9.17, 15) is 0 Å². The minimum Gasteiger partial charge on any atom is -0.310 e. The van der Waals surface area contributed by atoms with Crippen LogP contribution in [0.25, 0.3) is 32.3 Å². The van der Waals surface area contributed by atoms with Crippen LogP contribution in [0.1, 0.15) is 32.7 Å². The van der Waals surface area contributed by atoms with Crippen molar-refractivity contribution in [3.05, 3.63) is 263 Å². The van der Waals surface area contributed by atoms with Crippen molar-refractivity contribution in [2.45, 2.75) is 11.8 Å². The van der Waals surface area contributed by atoms with E-state index in [1.165, 1.54) is 82.1 Å². The van der Waals surface area contributed by atoms with Gasteiger partial charge in [0.05, 0.1) is 5.41 Å². The molecule has 0 saturated heterocycles. The molecule has 0 spiro atoms. The lowest BCUT2D eigenvalue weighted by Crippen LogP contribution is -2.28. The van der Waals surface area contributed by atoms with Gasteiger partial charge in [0, 0.05) is 61.1 Å². The highest BCUT2D eigenvalue weighted by atomic mass is 32.1. The van der Waals surface area contributed by atoms with E-state index < -0.39 is 5.41 Å². The van der Waals surface area contributed by atoms with Gasteiger partial charge in [0.2, 0.25) is 0 Å². The summed E-state index contributed by atoms with van der Waals surface area (Å²) in [6.07, 6.45) is 0.900. The summed E-state index contributed by atoms with van der Waals surface area (Å²) in [4.78, 5) is 6.20. The van der Waals surface area contributed by atoms with Crippen LogP contribution in [0.2, 0.25) is 0 Å². The minimum absolute atomic E-state index is 0.484. The number of para-hydroxylation sites is 3. The molecule has 1 aliphatic carbocycles. The monoisotopic (exact) mass is 796 g/mol. The number of rotatable bonds is 7. The van der Waals surface area contributed by atoms with E-state index >= 15 is 0 Å². The van der Waals surface area contributed by atoms with Gasteiger partial charge < -0.3 is 9.80 Å². The Kier molecular flexibility index (Phi) is 8.36. The van der Waals surface area contributed by atoms with E-state index in [0.717, 1.165) is 23.5 Å². The normalized spacial score (nSPS) is 13.3. The summed E-state index contributed by atoms with van der Waals surface area (Å²) in [6.45, 7) is 0. The fourth-order valence-electron chi connectivity index (χ4n) is 10.0. The maximum atomic E-state index is 2.47. The third-order valence-corrected chi connectivity index (χ3v) is 14.0. The first-order valence-electron chi connectivity index (χ1n) is 21.1. The highest BCUT2D eigenvalue weighted by Gasteiger charge is 2.48. The molecule has 10 aromatic rings. The molecule has 9 aromatic carbocycles. The quantitative estimate of drug-likeness (QED) is 0.158. The zero-order valence-corrected chi connectivity index (χ0v) is 34.3. The van der Waals surface area contributed by atoms with Crippen molar-refractivity contribution < 1.29 is 0 Å². The number of nitrogens with zero attached hydrogens (tertiary/aromatic N) is 2. The number of hydrogen-bond donors (Lipinski definition) is 0. The Bertz CT molecular complexity index is 3170. The van der Waals surface area contributed by atoms with Crippen LogP contribution in [0, 0.1) is 0 Å². The third kappa shape index (κ3) is 5.62. The van der Waals surface area contributed by atoms with Gasteiger partial charge in [-0.2, -0.15) is 0 Å². The van der Waals surface area contributed by atoms with Crippen molar-refractivity contribution in [2.75, 3.05) is 9.80 Å². The van der Waals surface area contributed by atoms with Crippen LogP contribution >= 0.6 is 11.3 Å². The van der Waals surface area contributed by atoms with Crippen molar-refractivity contribution in [2.24, 2.45) is 0 Å². The molecule has 1 aromatic heterocycles. The summed E-state index contributed by atoms with van der Waals surface area (Å²) < 4.78 is 1.32. The summed E-state index contributed by atoms with van der Waals surface area (Å²) >= 11 is 1.93. The number of hydrogen-bond acceptors (Lipinski definition) is 3. The Hall–Kier alpha value is -7.46. The highest BCUT2D eigenvalue weighted by molar-refractivity contribution is 7.20. The molecule has 288 valence electrons. The number of fused-ring (bicyclic) bond motifs is 7. The molecule has 2 heterocycles. The van der Waals surface area contributed by atoms with Crippen molar-refractivity contribution in [1.29, 1.82) is 0 Å². The van der Waals surface area contributed by atoms with Crippen LogP contribution in [0.15, 0.2) is 231 Å². The second kappa shape index (κ2) is 14.4. The first-order valence-corrected chi connectivity index (χ1v) is 21.9. The maximum Gasteiger partial charge on any atom is 0.0808 e. The SMILES string of the molecule is c1ccc(N(c2ccc(-c3ccc4c(c3)Cc3ccccc3N4c3ccccc3)cc2)c2ccc3c(c2)C(c2ccccc2)(c2ccccc2)c2sc4ccccc4c2-3)cc1. The van der Waals surface area contributed by atoms with E-state index in [0.29, 0.717) is 0 Å². The second-order valence-corrected chi connectivity index (χ2v) is 17.1. The molecular weight excluding hydrogens is 757 g/mol. The van der Waals surface area contributed by atoms with Crippen LogP contribution in [0.4, 0.5) is 34.1 Å². The minimum atomic E-state index is -0.484. The molecule has 0 unspecified atom stereocenters. The zero-order chi connectivity index (χ0) is 40.3. The smallest absolute Gasteiger partial charge is 0.0808 e. The Labute approximate surface area is 360 Å². The lowest BCUT2D eigenvalue weighted by atomic mass is 9.70. The average molecular weight is 797 g/mol.